The topological polar surface area (TPSA) is 34.1 Å². The van der Waals surface area contributed by atoms with Crippen LogP contribution in [-0.2, 0) is 0 Å². The Morgan fingerprint density at radius 3 is 1.68 bits per heavy atom. The summed E-state index contributed by atoms with van der Waals surface area (Å²) in [7, 11) is 3.29. The van der Waals surface area contributed by atoms with E-state index < -0.39 is 0 Å². The largest absolute Gasteiger partial charge is 0.493 e. The van der Waals surface area contributed by atoms with Crippen LogP contribution in [0.1, 0.15) is 11.1 Å². The average molecular weight is 409 g/mol. The van der Waals surface area contributed by atoms with Crippen LogP contribution in [0.4, 0.5) is 11.4 Å². The summed E-state index contributed by atoms with van der Waals surface area (Å²) >= 11 is 0. The van der Waals surface area contributed by atoms with Crippen molar-refractivity contribution in [2.45, 2.75) is 0 Å². The SMILES string of the molecule is COc1cccc(C(=NN(c2ccccc2)c2ccccc2)c2ccccc2)c1OC. The van der Waals surface area contributed by atoms with Gasteiger partial charge >= 0.3 is 0 Å². The molecule has 0 aliphatic rings. The van der Waals surface area contributed by atoms with Gasteiger partial charge in [-0.1, -0.05) is 72.8 Å². The number of benzene rings is 4. The highest BCUT2D eigenvalue weighted by molar-refractivity contribution is 6.15. The van der Waals surface area contributed by atoms with E-state index in [1.54, 1.807) is 14.2 Å². The zero-order valence-corrected chi connectivity index (χ0v) is 17.6. The van der Waals surface area contributed by atoms with Gasteiger partial charge in [0.25, 0.3) is 0 Å². The van der Waals surface area contributed by atoms with Crippen LogP contribution in [-0.4, -0.2) is 19.9 Å². The molecule has 0 N–H and O–H groups in total. The maximum atomic E-state index is 5.74. The third kappa shape index (κ3) is 4.43. The molecule has 0 aromatic heterocycles. The molecule has 4 aromatic rings. The van der Waals surface area contributed by atoms with Gasteiger partial charge < -0.3 is 9.47 Å². The van der Waals surface area contributed by atoms with E-state index in [0.717, 1.165) is 28.2 Å². The number of anilines is 2. The lowest BCUT2D eigenvalue weighted by atomic mass is 10.0. The summed E-state index contributed by atoms with van der Waals surface area (Å²) in [4.78, 5) is 0. The van der Waals surface area contributed by atoms with Gasteiger partial charge in [-0.15, -0.1) is 0 Å². The zero-order chi connectivity index (χ0) is 21.5. The molecular formula is C27H24N2O2. The van der Waals surface area contributed by atoms with E-state index in [0.29, 0.717) is 11.5 Å². The normalized spacial score (nSPS) is 11.1. The molecule has 154 valence electrons. The Morgan fingerprint density at radius 1 is 0.613 bits per heavy atom. The first kappa shape index (κ1) is 20.2. The van der Waals surface area contributed by atoms with Crippen LogP contribution in [0.15, 0.2) is 114 Å². The molecule has 4 heteroatoms. The predicted octanol–water partition coefficient (Wildman–Crippen LogP) is 6.29. The minimum Gasteiger partial charge on any atom is -0.493 e. The van der Waals surface area contributed by atoms with Gasteiger partial charge in [0.15, 0.2) is 11.5 Å². The average Bonchev–Trinajstić information content (AvgIpc) is 2.86. The number of hydrogen-bond acceptors (Lipinski definition) is 4. The van der Waals surface area contributed by atoms with Gasteiger partial charge in [-0.2, -0.15) is 5.10 Å². The van der Waals surface area contributed by atoms with Crippen molar-refractivity contribution in [3.8, 4) is 11.5 Å². The molecule has 0 aliphatic carbocycles. The van der Waals surface area contributed by atoms with Crippen molar-refractivity contribution in [1.82, 2.24) is 0 Å². The predicted molar refractivity (Wildman–Crippen MR) is 127 cm³/mol. The number of hydrogen-bond donors (Lipinski definition) is 0. The molecule has 0 bridgehead atoms. The molecule has 0 fully saturated rings. The molecule has 0 atom stereocenters. The smallest absolute Gasteiger partial charge is 0.170 e. The molecule has 0 aliphatic heterocycles. The summed E-state index contributed by atoms with van der Waals surface area (Å²) in [6.45, 7) is 0. The van der Waals surface area contributed by atoms with Crippen molar-refractivity contribution in [1.29, 1.82) is 0 Å². The number of methoxy groups -OCH3 is 2. The van der Waals surface area contributed by atoms with Crippen LogP contribution >= 0.6 is 0 Å². The van der Waals surface area contributed by atoms with Gasteiger partial charge in [0, 0.05) is 11.1 Å². The Labute approximate surface area is 183 Å². The lowest BCUT2D eigenvalue weighted by Crippen LogP contribution is -2.16. The summed E-state index contributed by atoms with van der Waals surface area (Å²) in [5, 5.41) is 7.10. The van der Waals surface area contributed by atoms with Gasteiger partial charge in [-0.05, 0) is 36.4 Å². The first-order valence-corrected chi connectivity index (χ1v) is 10.1. The minimum absolute atomic E-state index is 0.647. The van der Waals surface area contributed by atoms with Crippen LogP contribution in [0.25, 0.3) is 0 Å². The van der Waals surface area contributed by atoms with Crippen LogP contribution < -0.4 is 14.5 Å². The summed E-state index contributed by atoms with van der Waals surface area (Å²) in [5.74, 6) is 1.31. The van der Waals surface area contributed by atoms with Crippen molar-refractivity contribution in [2.75, 3.05) is 19.2 Å². The molecule has 4 rings (SSSR count). The minimum atomic E-state index is 0.647. The Hall–Kier alpha value is -4.05. The number of nitrogens with zero attached hydrogens (tertiary/aromatic N) is 2. The maximum Gasteiger partial charge on any atom is 0.170 e. The van der Waals surface area contributed by atoms with Crippen molar-refractivity contribution < 1.29 is 9.47 Å². The zero-order valence-electron chi connectivity index (χ0n) is 17.6. The Morgan fingerprint density at radius 2 is 1.16 bits per heavy atom. The molecule has 0 spiro atoms. The first-order valence-electron chi connectivity index (χ1n) is 10.1. The summed E-state index contributed by atoms with van der Waals surface area (Å²) in [6.07, 6.45) is 0. The van der Waals surface area contributed by atoms with Gasteiger partial charge in [0.2, 0.25) is 0 Å². The highest BCUT2D eigenvalue weighted by Gasteiger charge is 2.19. The fourth-order valence-corrected chi connectivity index (χ4v) is 3.44. The maximum absolute atomic E-state index is 5.74. The van der Waals surface area contributed by atoms with E-state index in [-0.39, 0.29) is 0 Å². The highest BCUT2D eigenvalue weighted by atomic mass is 16.5. The van der Waals surface area contributed by atoms with Gasteiger partial charge in [-0.25, -0.2) is 5.01 Å². The van der Waals surface area contributed by atoms with Gasteiger partial charge in [0.1, 0.15) is 5.71 Å². The second kappa shape index (κ2) is 9.63. The Bertz CT molecular complexity index is 1100. The lowest BCUT2D eigenvalue weighted by Gasteiger charge is -2.22. The summed E-state index contributed by atoms with van der Waals surface area (Å²) in [5.41, 5.74) is 4.54. The molecule has 0 radical (unpaired) electrons. The fraction of sp³-hybridized carbons (Fsp3) is 0.0741. The Kier molecular flexibility index (Phi) is 6.29. The fourth-order valence-electron chi connectivity index (χ4n) is 3.44. The van der Waals surface area contributed by atoms with E-state index in [1.165, 1.54) is 0 Å². The number of rotatable bonds is 7. The van der Waals surface area contributed by atoms with E-state index in [1.807, 2.05) is 114 Å². The van der Waals surface area contributed by atoms with Crippen molar-refractivity contribution in [2.24, 2.45) is 5.10 Å². The molecule has 0 amide bonds. The van der Waals surface area contributed by atoms with Gasteiger partial charge in [-0.3, -0.25) is 0 Å². The van der Waals surface area contributed by atoms with Gasteiger partial charge in [0.05, 0.1) is 25.6 Å². The third-order valence-corrected chi connectivity index (χ3v) is 4.91. The van der Waals surface area contributed by atoms with Crippen LogP contribution in [0.3, 0.4) is 0 Å². The molecule has 4 aromatic carbocycles. The second-order valence-corrected chi connectivity index (χ2v) is 6.84. The van der Waals surface area contributed by atoms with E-state index in [9.17, 15) is 0 Å². The number of hydrazone groups is 1. The van der Waals surface area contributed by atoms with Crippen molar-refractivity contribution in [3.63, 3.8) is 0 Å². The van der Waals surface area contributed by atoms with Crippen molar-refractivity contribution >= 4 is 17.1 Å². The van der Waals surface area contributed by atoms with Crippen LogP contribution in [0.5, 0.6) is 11.5 Å². The molecule has 0 heterocycles. The number of para-hydroxylation sites is 3. The monoisotopic (exact) mass is 408 g/mol. The molecule has 4 nitrogen and oxygen atoms in total. The molecular weight excluding hydrogens is 384 g/mol. The second-order valence-electron chi connectivity index (χ2n) is 6.84. The first-order chi connectivity index (χ1) is 15.3. The summed E-state index contributed by atoms with van der Waals surface area (Å²) < 4.78 is 11.3. The molecule has 31 heavy (non-hydrogen) atoms. The standard InChI is InChI=1S/C27H24N2O2/c1-30-25-20-12-19-24(27(25)31-2)26(21-13-6-3-7-14-21)28-29(22-15-8-4-9-16-22)23-17-10-5-11-18-23/h3-20H,1-2H3. The number of ether oxygens (including phenoxy) is 2. The highest BCUT2D eigenvalue weighted by Crippen LogP contribution is 2.34. The third-order valence-electron chi connectivity index (χ3n) is 4.91. The molecule has 0 saturated carbocycles. The van der Waals surface area contributed by atoms with E-state index >= 15 is 0 Å². The Balaban J connectivity index is 1.97. The van der Waals surface area contributed by atoms with E-state index in [2.05, 4.69) is 0 Å². The lowest BCUT2D eigenvalue weighted by molar-refractivity contribution is 0.354. The quantitative estimate of drug-likeness (QED) is 0.266. The summed E-state index contributed by atoms with van der Waals surface area (Å²) in [6, 6.07) is 36.2. The molecule has 0 saturated heterocycles. The van der Waals surface area contributed by atoms with Crippen LogP contribution in [0.2, 0.25) is 0 Å². The molecule has 0 unspecified atom stereocenters. The van der Waals surface area contributed by atoms with Crippen molar-refractivity contribution in [3.05, 3.63) is 120 Å². The van der Waals surface area contributed by atoms with Crippen LogP contribution in [0, 0.1) is 0 Å². The van der Waals surface area contributed by atoms with E-state index in [4.69, 9.17) is 14.6 Å².